The van der Waals surface area contributed by atoms with Crippen LogP contribution in [0.25, 0.3) is 0 Å². The molecular formula is C16H12BrN3O2S. The highest BCUT2D eigenvalue weighted by Crippen LogP contribution is 2.21. The number of benzene rings is 2. The van der Waals surface area contributed by atoms with Gasteiger partial charge in [0.25, 0.3) is 0 Å². The van der Waals surface area contributed by atoms with E-state index in [1.165, 1.54) is 0 Å². The fourth-order valence-electron chi connectivity index (χ4n) is 1.76. The predicted molar refractivity (Wildman–Crippen MR) is 94.1 cm³/mol. The topological polar surface area (TPSA) is 82.0 Å². The third-order valence-corrected chi connectivity index (χ3v) is 4.39. The van der Waals surface area contributed by atoms with Gasteiger partial charge in [0, 0.05) is 20.7 Å². The molecule has 0 aliphatic carbocycles. The first kappa shape index (κ1) is 17.1. The van der Waals surface area contributed by atoms with Crippen LogP contribution in [0, 0.1) is 17.6 Å². The molecule has 0 aliphatic heterocycles. The van der Waals surface area contributed by atoms with Gasteiger partial charge in [0.1, 0.15) is 5.40 Å². The van der Waals surface area contributed by atoms with E-state index in [2.05, 4.69) is 26.6 Å². The summed E-state index contributed by atoms with van der Waals surface area (Å²) in [6.07, 6.45) is 0. The Kier molecular flexibility index (Phi) is 5.79. The van der Waals surface area contributed by atoms with E-state index in [1.807, 2.05) is 12.3 Å². The normalized spacial score (nSPS) is 9.78. The largest absolute Gasteiger partial charge is 0.318 e. The highest BCUT2D eigenvalue weighted by atomic mass is 79.9. The number of amides is 2. The van der Waals surface area contributed by atoms with E-state index in [0.29, 0.717) is 11.4 Å². The number of nitrogens with one attached hydrogen (secondary N) is 2. The molecule has 0 fully saturated rings. The Labute approximate surface area is 146 Å². The molecule has 0 radical (unpaired) electrons. The van der Waals surface area contributed by atoms with E-state index in [1.54, 1.807) is 42.5 Å². The smallest absolute Gasteiger partial charge is 0.314 e. The van der Waals surface area contributed by atoms with Crippen molar-refractivity contribution < 1.29 is 9.59 Å². The Balaban J connectivity index is 1.98. The van der Waals surface area contributed by atoms with Crippen LogP contribution in [0.4, 0.5) is 11.4 Å². The van der Waals surface area contributed by atoms with E-state index in [9.17, 15) is 9.59 Å². The quantitative estimate of drug-likeness (QED) is 0.473. The van der Waals surface area contributed by atoms with Crippen molar-refractivity contribution in [2.75, 3.05) is 10.6 Å². The molecule has 0 aliphatic rings. The zero-order chi connectivity index (χ0) is 16.8. The van der Waals surface area contributed by atoms with Crippen molar-refractivity contribution in [1.29, 1.82) is 5.26 Å². The van der Waals surface area contributed by atoms with Gasteiger partial charge in [0.15, 0.2) is 0 Å². The number of carbonyl (C=O) groups is 2. The van der Waals surface area contributed by atoms with Crippen LogP contribution in [0.3, 0.4) is 0 Å². The number of thioether (sulfide) groups is 1. The summed E-state index contributed by atoms with van der Waals surface area (Å²) < 4.78 is 0.926. The molecule has 0 heterocycles. The van der Waals surface area contributed by atoms with Crippen LogP contribution < -0.4 is 10.6 Å². The van der Waals surface area contributed by atoms with Gasteiger partial charge >= 0.3 is 11.8 Å². The fourth-order valence-corrected chi connectivity index (χ4v) is 2.38. The highest BCUT2D eigenvalue weighted by Gasteiger charge is 2.14. The Hall–Kier alpha value is -2.30. The molecule has 116 valence electrons. The van der Waals surface area contributed by atoms with Gasteiger partial charge in [0.05, 0.1) is 0 Å². The summed E-state index contributed by atoms with van der Waals surface area (Å²) >= 11 is 4.39. The summed E-state index contributed by atoms with van der Waals surface area (Å²) in [6.45, 7) is 1.89. The molecule has 7 heteroatoms. The first-order valence-electron chi connectivity index (χ1n) is 6.54. The zero-order valence-corrected chi connectivity index (χ0v) is 14.5. The minimum atomic E-state index is -0.758. The van der Waals surface area contributed by atoms with Gasteiger partial charge < -0.3 is 10.6 Å². The second-order valence-corrected chi connectivity index (χ2v) is 6.30. The summed E-state index contributed by atoms with van der Waals surface area (Å²) in [7, 11) is 0. The molecule has 2 amide bonds. The fraction of sp³-hybridized carbons (Fsp3) is 0.0625. The number of aryl methyl sites for hydroxylation is 1. The average molecular weight is 390 g/mol. The summed E-state index contributed by atoms with van der Waals surface area (Å²) in [5, 5.41) is 15.6. The van der Waals surface area contributed by atoms with Crippen LogP contribution >= 0.6 is 27.7 Å². The number of thiocyanates is 1. The average Bonchev–Trinajstić information content (AvgIpc) is 2.53. The van der Waals surface area contributed by atoms with Gasteiger partial charge in [-0.25, -0.2) is 0 Å². The molecular weight excluding hydrogens is 378 g/mol. The predicted octanol–water partition coefficient (Wildman–Crippen LogP) is 3.91. The molecule has 0 bridgehead atoms. The van der Waals surface area contributed by atoms with Gasteiger partial charge in [-0.1, -0.05) is 15.9 Å². The Morgan fingerprint density at radius 1 is 1.04 bits per heavy atom. The van der Waals surface area contributed by atoms with Crippen LogP contribution in [0.2, 0.25) is 0 Å². The lowest BCUT2D eigenvalue weighted by Gasteiger charge is -2.08. The maximum absolute atomic E-state index is 11.9. The first-order chi connectivity index (χ1) is 11.0. The lowest BCUT2D eigenvalue weighted by molar-refractivity contribution is -0.132. The number of rotatable bonds is 3. The molecule has 0 spiro atoms. The van der Waals surface area contributed by atoms with Crippen molar-refractivity contribution in [3.05, 3.63) is 52.5 Å². The lowest BCUT2D eigenvalue weighted by atomic mass is 10.2. The minimum Gasteiger partial charge on any atom is -0.318 e. The summed E-state index contributed by atoms with van der Waals surface area (Å²) in [5.41, 5.74) is 1.99. The number of hydrogen-bond acceptors (Lipinski definition) is 4. The van der Waals surface area contributed by atoms with Crippen molar-refractivity contribution in [3.8, 4) is 5.40 Å². The monoisotopic (exact) mass is 389 g/mol. The van der Waals surface area contributed by atoms with Crippen molar-refractivity contribution in [1.82, 2.24) is 0 Å². The molecule has 2 aromatic carbocycles. The van der Waals surface area contributed by atoms with Gasteiger partial charge in [-0.15, -0.1) is 0 Å². The molecule has 2 rings (SSSR count). The van der Waals surface area contributed by atoms with Crippen molar-refractivity contribution in [2.45, 2.75) is 11.8 Å². The number of nitrogens with zero attached hydrogens (tertiary/aromatic N) is 1. The van der Waals surface area contributed by atoms with Gasteiger partial charge in [-0.05, 0) is 66.7 Å². The van der Waals surface area contributed by atoms with Crippen molar-refractivity contribution in [2.24, 2.45) is 0 Å². The number of carbonyl (C=O) groups excluding carboxylic acids is 2. The van der Waals surface area contributed by atoms with Crippen LogP contribution in [-0.4, -0.2) is 11.8 Å². The van der Waals surface area contributed by atoms with Crippen LogP contribution in [-0.2, 0) is 9.59 Å². The third kappa shape index (κ3) is 4.84. The second kappa shape index (κ2) is 7.81. The SMILES string of the molecule is Cc1cc(NC(=O)C(=O)Nc2ccc(SC#N)cc2)ccc1Br. The molecule has 0 saturated heterocycles. The van der Waals surface area contributed by atoms with E-state index < -0.39 is 11.8 Å². The lowest BCUT2D eigenvalue weighted by Crippen LogP contribution is -2.29. The van der Waals surface area contributed by atoms with E-state index in [0.717, 1.165) is 26.7 Å². The number of anilines is 2. The number of nitriles is 1. The number of hydrogen-bond donors (Lipinski definition) is 2. The van der Waals surface area contributed by atoms with Crippen LogP contribution in [0.1, 0.15) is 5.56 Å². The van der Waals surface area contributed by atoms with Crippen molar-refractivity contribution in [3.63, 3.8) is 0 Å². The Morgan fingerprint density at radius 2 is 1.61 bits per heavy atom. The highest BCUT2D eigenvalue weighted by molar-refractivity contribution is 9.10. The molecule has 0 saturated carbocycles. The molecule has 0 aromatic heterocycles. The van der Waals surface area contributed by atoms with Crippen molar-refractivity contribution >= 4 is 50.9 Å². The van der Waals surface area contributed by atoms with E-state index in [-0.39, 0.29) is 0 Å². The zero-order valence-electron chi connectivity index (χ0n) is 12.1. The first-order valence-corrected chi connectivity index (χ1v) is 8.15. The Morgan fingerprint density at radius 3 is 2.17 bits per heavy atom. The molecule has 2 N–H and O–H groups in total. The van der Waals surface area contributed by atoms with Gasteiger partial charge in [0.2, 0.25) is 0 Å². The standard InChI is InChI=1S/C16H12BrN3O2S/c1-10-8-12(4-7-14(10)17)20-16(22)15(21)19-11-2-5-13(6-3-11)23-9-18/h2-8H,1H3,(H,19,21)(H,20,22). The van der Waals surface area contributed by atoms with Crippen LogP contribution in [0.15, 0.2) is 51.8 Å². The maximum Gasteiger partial charge on any atom is 0.314 e. The minimum absolute atomic E-state index is 0.486. The van der Waals surface area contributed by atoms with Gasteiger partial charge in [-0.2, -0.15) is 5.26 Å². The molecule has 5 nitrogen and oxygen atoms in total. The van der Waals surface area contributed by atoms with Gasteiger partial charge in [-0.3, -0.25) is 9.59 Å². The van der Waals surface area contributed by atoms with E-state index >= 15 is 0 Å². The van der Waals surface area contributed by atoms with Crippen LogP contribution in [0.5, 0.6) is 0 Å². The summed E-state index contributed by atoms with van der Waals surface area (Å²) in [5.74, 6) is -1.51. The molecule has 0 atom stereocenters. The summed E-state index contributed by atoms with van der Waals surface area (Å²) in [6, 6.07) is 11.9. The summed E-state index contributed by atoms with van der Waals surface area (Å²) in [4.78, 5) is 24.6. The molecule has 2 aromatic rings. The molecule has 23 heavy (non-hydrogen) atoms. The third-order valence-electron chi connectivity index (χ3n) is 2.90. The Bertz CT molecular complexity index is 785. The maximum atomic E-state index is 11.9. The number of halogens is 1. The molecule has 0 unspecified atom stereocenters. The van der Waals surface area contributed by atoms with E-state index in [4.69, 9.17) is 5.26 Å². The second-order valence-electron chi connectivity index (χ2n) is 4.59.